The first-order valence-corrected chi connectivity index (χ1v) is 15.9. The number of halogens is 2. The van der Waals surface area contributed by atoms with Crippen molar-refractivity contribution in [3.8, 4) is 0 Å². The number of hydrogen-bond donors (Lipinski definition) is 0. The minimum atomic E-state index is -2.73. The molecule has 206 valence electrons. The van der Waals surface area contributed by atoms with Crippen LogP contribution in [0.1, 0.15) is 0 Å². The van der Waals surface area contributed by atoms with Crippen LogP contribution in [0.25, 0.3) is 0 Å². The second-order valence-electron chi connectivity index (χ2n) is 8.85. The third kappa shape index (κ3) is 7.41. The number of rotatable bonds is 6. The molecular formula is C34H30Cl2O2P2Ti. The maximum Gasteiger partial charge on any atom is 2.00 e. The molecule has 0 radical (unpaired) electrons. The van der Waals surface area contributed by atoms with Gasteiger partial charge in [0.25, 0.3) is 0 Å². The van der Waals surface area contributed by atoms with Gasteiger partial charge in [-0.15, -0.1) is 35.4 Å². The van der Waals surface area contributed by atoms with Gasteiger partial charge in [0.2, 0.25) is 0 Å². The Hall–Kier alpha value is -2.67. The Bertz CT molecular complexity index is 1430. The van der Waals surface area contributed by atoms with Crippen molar-refractivity contribution in [2.45, 2.75) is 0 Å². The standard InChI is InChI=1S/2C17H14OP.2ClH.Ti/c2*18-19(17-13-7-8-14-17,15-9-3-1-4-10-15)16-11-5-2-6-12-16;;;/h2*1-14H;2*1H;/q2*-1;;;+2. The fourth-order valence-corrected chi connectivity index (χ4v) is 9.93. The predicted octanol–water partition coefficient (Wildman–Crippen LogP) is 6.93. The van der Waals surface area contributed by atoms with Gasteiger partial charge in [0.15, 0.2) is 0 Å². The molecule has 0 aliphatic heterocycles. The van der Waals surface area contributed by atoms with Gasteiger partial charge in [-0.05, 0) is 0 Å². The van der Waals surface area contributed by atoms with Crippen LogP contribution in [0.5, 0.6) is 0 Å². The van der Waals surface area contributed by atoms with Crippen molar-refractivity contribution in [2.24, 2.45) is 0 Å². The van der Waals surface area contributed by atoms with Gasteiger partial charge < -0.3 is 9.13 Å². The van der Waals surface area contributed by atoms with Crippen molar-refractivity contribution in [3.05, 3.63) is 170 Å². The van der Waals surface area contributed by atoms with Crippen LogP contribution in [-0.2, 0) is 30.8 Å². The number of hydrogen-bond acceptors (Lipinski definition) is 2. The molecule has 0 aromatic heterocycles. The van der Waals surface area contributed by atoms with Crippen LogP contribution in [0.3, 0.4) is 0 Å². The van der Waals surface area contributed by atoms with E-state index in [0.717, 1.165) is 31.8 Å². The summed E-state index contributed by atoms with van der Waals surface area (Å²) in [6.45, 7) is 0. The fraction of sp³-hybridized carbons (Fsp3) is 0. The first-order valence-electron chi connectivity index (χ1n) is 12.5. The van der Waals surface area contributed by atoms with Crippen molar-refractivity contribution in [1.82, 2.24) is 0 Å². The molecule has 0 N–H and O–H groups in total. The van der Waals surface area contributed by atoms with Crippen LogP contribution < -0.4 is 31.8 Å². The van der Waals surface area contributed by atoms with E-state index in [1.165, 1.54) is 0 Å². The summed E-state index contributed by atoms with van der Waals surface area (Å²) in [6.07, 6.45) is 0. The molecule has 6 aromatic rings. The quantitative estimate of drug-likeness (QED) is 0.111. The van der Waals surface area contributed by atoms with Crippen molar-refractivity contribution in [3.63, 3.8) is 0 Å². The maximum atomic E-state index is 13.7. The van der Waals surface area contributed by atoms with Gasteiger partial charge in [-0.3, -0.25) is 0 Å². The molecule has 0 aliphatic rings. The molecule has 0 heterocycles. The van der Waals surface area contributed by atoms with Crippen molar-refractivity contribution in [2.75, 3.05) is 0 Å². The molecule has 2 nitrogen and oxygen atoms in total. The molecule has 0 bridgehead atoms. The van der Waals surface area contributed by atoms with Crippen LogP contribution in [0.2, 0.25) is 0 Å². The van der Waals surface area contributed by atoms with E-state index >= 15 is 0 Å². The molecular weight excluding hydrogens is 621 g/mol. The van der Waals surface area contributed by atoms with E-state index in [1.54, 1.807) is 0 Å². The third-order valence-electron chi connectivity index (χ3n) is 6.50. The van der Waals surface area contributed by atoms with Crippen LogP contribution in [-0.4, -0.2) is 0 Å². The Morgan fingerprint density at radius 3 is 0.805 bits per heavy atom. The van der Waals surface area contributed by atoms with Crippen LogP contribution in [0, 0.1) is 0 Å². The summed E-state index contributed by atoms with van der Waals surface area (Å²) in [7, 11) is -5.46. The van der Waals surface area contributed by atoms with Crippen LogP contribution >= 0.6 is 39.1 Å². The van der Waals surface area contributed by atoms with Gasteiger partial charge in [0.05, 0.1) is 0 Å². The Balaban J connectivity index is 0.000000267. The molecule has 0 amide bonds. The van der Waals surface area contributed by atoms with Crippen molar-refractivity contribution < 1.29 is 30.8 Å². The molecule has 0 saturated carbocycles. The SMILES string of the molecule is Cl.Cl.O=P(c1ccccc1)(c1ccccc1)c1cc[cH-]c1.O=P(c1ccccc1)(c1ccccc1)c1cc[cH-]c1.[Ti+2]. The molecule has 0 saturated heterocycles. The monoisotopic (exact) mass is 650 g/mol. The normalized spacial score (nSPS) is 10.5. The second kappa shape index (κ2) is 16.1. The average Bonchev–Trinajstić information content (AvgIpc) is 3.75. The zero-order valence-corrected chi connectivity index (χ0v) is 27.2. The molecule has 0 atom stereocenters. The van der Waals surface area contributed by atoms with E-state index in [4.69, 9.17) is 0 Å². The molecule has 7 heteroatoms. The third-order valence-corrected chi connectivity index (χ3v) is 12.6. The zero-order valence-electron chi connectivity index (χ0n) is 22.2. The zero-order chi connectivity index (χ0) is 26.3. The summed E-state index contributed by atoms with van der Waals surface area (Å²) < 4.78 is 27.4. The van der Waals surface area contributed by atoms with E-state index in [-0.39, 0.29) is 46.5 Å². The van der Waals surface area contributed by atoms with Gasteiger partial charge in [0.1, 0.15) is 14.3 Å². The molecule has 6 aromatic carbocycles. The van der Waals surface area contributed by atoms with Crippen molar-refractivity contribution in [1.29, 1.82) is 0 Å². The minimum absolute atomic E-state index is 0. The minimum Gasteiger partial charge on any atom is -0.323 e. The van der Waals surface area contributed by atoms with Gasteiger partial charge >= 0.3 is 21.7 Å². The van der Waals surface area contributed by atoms with E-state index in [2.05, 4.69) is 0 Å². The Kier molecular flexibility index (Phi) is 13.6. The van der Waals surface area contributed by atoms with E-state index in [0.29, 0.717) is 0 Å². The van der Waals surface area contributed by atoms with Crippen LogP contribution in [0.4, 0.5) is 0 Å². The van der Waals surface area contributed by atoms with Crippen LogP contribution in [0.15, 0.2) is 170 Å². The summed E-state index contributed by atoms with van der Waals surface area (Å²) in [5, 5.41) is 5.31. The smallest absolute Gasteiger partial charge is 0.323 e. The second-order valence-corrected chi connectivity index (χ2v) is 14.4. The largest absolute Gasteiger partial charge is 2.00 e. The van der Waals surface area contributed by atoms with Gasteiger partial charge in [-0.25, -0.2) is 12.1 Å². The summed E-state index contributed by atoms with van der Waals surface area (Å²) >= 11 is 0. The fourth-order valence-electron chi connectivity index (χ4n) is 4.59. The maximum absolute atomic E-state index is 13.7. The van der Waals surface area contributed by atoms with E-state index in [9.17, 15) is 9.13 Å². The predicted molar refractivity (Wildman–Crippen MR) is 177 cm³/mol. The first-order chi connectivity index (χ1) is 18.6. The summed E-state index contributed by atoms with van der Waals surface area (Å²) in [5.41, 5.74) is 0. The molecule has 6 rings (SSSR count). The summed E-state index contributed by atoms with van der Waals surface area (Å²) in [5.74, 6) is 0. The molecule has 0 aliphatic carbocycles. The topological polar surface area (TPSA) is 34.1 Å². The Labute approximate surface area is 270 Å². The van der Waals surface area contributed by atoms with E-state index in [1.807, 2.05) is 170 Å². The van der Waals surface area contributed by atoms with E-state index < -0.39 is 14.3 Å². The van der Waals surface area contributed by atoms with Gasteiger partial charge in [-0.1, -0.05) is 121 Å². The first kappa shape index (κ1) is 34.5. The molecule has 41 heavy (non-hydrogen) atoms. The summed E-state index contributed by atoms with van der Waals surface area (Å²) in [6, 6.07) is 54.4. The average molecular weight is 651 g/mol. The van der Waals surface area contributed by atoms with Gasteiger partial charge in [-0.2, -0.15) is 36.4 Å². The molecule has 0 spiro atoms. The van der Waals surface area contributed by atoms with Crippen molar-refractivity contribution >= 4 is 70.9 Å². The van der Waals surface area contributed by atoms with Gasteiger partial charge in [0, 0.05) is 21.2 Å². The summed E-state index contributed by atoms with van der Waals surface area (Å²) in [4.78, 5) is 0. The molecule has 0 unspecified atom stereocenters. The number of benzene rings is 4. The Morgan fingerprint density at radius 1 is 0.366 bits per heavy atom. The Morgan fingerprint density at radius 2 is 0.610 bits per heavy atom. The molecule has 0 fully saturated rings.